The number of hydrogen-bond acceptors (Lipinski definition) is 4. The number of halogens is 1. The lowest BCUT2D eigenvalue weighted by Gasteiger charge is -2.18. The molecule has 29 heavy (non-hydrogen) atoms. The molecule has 0 radical (unpaired) electrons. The number of rotatable bonds is 3. The average molecular weight is 402 g/mol. The van der Waals surface area contributed by atoms with Gasteiger partial charge in [0, 0.05) is 34.9 Å². The monoisotopic (exact) mass is 401 g/mol. The SMILES string of the molecule is Cc1c(Cl)cccc1Nc1c(-c2cccc3c2NC=CN3)nc2c(C)cccn12. The minimum atomic E-state index is 0.731. The number of anilines is 4. The van der Waals surface area contributed by atoms with Crippen molar-refractivity contribution < 1.29 is 0 Å². The molecule has 0 unspecified atom stereocenters. The van der Waals surface area contributed by atoms with E-state index in [1.54, 1.807) is 0 Å². The molecule has 144 valence electrons. The van der Waals surface area contributed by atoms with Gasteiger partial charge in [-0.15, -0.1) is 0 Å². The summed E-state index contributed by atoms with van der Waals surface area (Å²) in [5, 5.41) is 11.0. The minimum absolute atomic E-state index is 0.731. The fourth-order valence-corrected chi connectivity index (χ4v) is 3.84. The number of nitrogens with one attached hydrogen (secondary N) is 3. The van der Waals surface area contributed by atoms with Crippen molar-refractivity contribution in [3.8, 4) is 11.3 Å². The number of imidazole rings is 1. The first kappa shape index (κ1) is 17.6. The molecule has 5 rings (SSSR count). The molecule has 0 fully saturated rings. The molecule has 0 saturated heterocycles. The first-order valence-corrected chi connectivity index (χ1v) is 9.82. The molecule has 4 aromatic rings. The van der Waals surface area contributed by atoms with Gasteiger partial charge in [-0.05, 0) is 49.2 Å². The van der Waals surface area contributed by atoms with Gasteiger partial charge >= 0.3 is 0 Å². The van der Waals surface area contributed by atoms with E-state index in [-0.39, 0.29) is 0 Å². The quantitative estimate of drug-likeness (QED) is 0.375. The smallest absolute Gasteiger partial charge is 0.143 e. The number of aromatic nitrogens is 2. The van der Waals surface area contributed by atoms with E-state index in [1.807, 2.05) is 61.9 Å². The molecule has 0 aliphatic carbocycles. The second-order valence-corrected chi connectivity index (χ2v) is 7.49. The van der Waals surface area contributed by atoms with Crippen LogP contribution < -0.4 is 16.0 Å². The van der Waals surface area contributed by atoms with Gasteiger partial charge in [-0.3, -0.25) is 4.40 Å². The number of nitrogens with zero attached hydrogens (tertiary/aromatic N) is 2. The molecule has 0 spiro atoms. The van der Waals surface area contributed by atoms with E-state index in [4.69, 9.17) is 16.6 Å². The van der Waals surface area contributed by atoms with Crippen LogP contribution in [0.3, 0.4) is 0 Å². The van der Waals surface area contributed by atoms with Crippen LogP contribution in [0.25, 0.3) is 16.9 Å². The molecule has 2 aromatic heterocycles. The minimum Gasteiger partial charge on any atom is -0.359 e. The summed E-state index contributed by atoms with van der Waals surface area (Å²) in [7, 11) is 0. The van der Waals surface area contributed by atoms with Crippen LogP contribution in [0.1, 0.15) is 11.1 Å². The normalized spacial score (nSPS) is 12.4. The third-order valence-corrected chi connectivity index (χ3v) is 5.64. The van der Waals surface area contributed by atoms with Crippen molar-refractivity contribution in [1.29, 1.82) is 0 Å². The number of hydrogen-bond donors (Lipinski definition) is 3. The average Bonchev–Trinajstić information content (AvgIpc) is 3.10. The molecule has 1 aliphatic rings. The highest BCUT2D eigenvalue weighted by molar-refractivity contribution is 6.31. The first-order valence-electron chi connectivity index (χ1n) is 9.45. The predicted molar refractivity (Wildman–Crippen MR) is 121 cm³/mol. The summed E-state index contributed by atoms with van der Waals surface area (Å²) in [5.74, 6) is 0.902. The number of fused-ring (bicyclic) bond motifs is 2. The summed E-state index contributed by atoms with van der Waals surface area (Å²) >= 11 is 6.36. The molecule has 0 saturated carbocycles. The molecule has 2 aromatic carbocycles. The van der Waals surface area contributed by atoms with E-state index in [0.29, 0.717) is 0 Å². The molecule has 6 heteroatoms. The van der Waals surface area contributed by atoms with Gasteiger partial charge in [0.2, 0.25) is 0 Å². The summed E-state index contributed by atoms with van der Waals surface area (Å²) < 4.78 is 2.09. The highest BCUT2D eigenvalue weighted by Gasteiger charge is 2.20. The Bertz CT molecular complexity index is 1270. The molecule has 3 heterocycles. The van der Waals surface area contributed by atoms with Crippen LogP contribution in [0.15, 0.2) is 67.1 Å². The van der Waals surface area contributed by atoms with Gasteiger partial charge in [0.1, 0.15) is 17.2 Å². The van der Waals surface area contributed by atoms with Crippen molar-refractivity contribution in [3.63, 3.8) is 0 Å². The van der Waals surface area contributed by atoms with E-state index >= 15 is 0 Å². The van der Waals surface area contributed by atoms with E-state index in [9.17, 15) is 0 Å². The van der Waals surface area contributed by atoms with Crippen LogP contribution >= 0.6 is 11.6 Å². The zero-order chi connectivity index (χ0) is 20.0. The maximum atomic E-state index is 6.36. The maximum Gasteiger partial charge on any atom is 0.143 e. The number of para-hydroxylation sites is 1. The first-order chi connectivity index (χ1) is 14.1. The third kappa shape index (κ3) is 2.91. The highest BCUT2D eigenvalue weighted by Crippen LogP contribution is 2.40. The Morgan fingerprint density at radius 1 is 0.966 bits per heavy atom. The molecule has 5 nitrogen and oxygen atoms in total. The Kier molecular flexibility index (Phi) is 4.18. The lowest BCUT2D eigenvalue weighted by atomic mass is 10.1. The molecule has 0 bridgehead atoms. The molecular formula is C23H20ClN5. The number of benzene rings is 2. The Labute approximate surface area is 174 Å². The predicted octanol–water partition coefficient (Wildman–Crippen LogP) is 6.32. The fourth-order valence-electron chi connectivity index (χ4n) is 3.66. The standard InChI is InChI=1S/C23H20ClN5/c1-14-6-5-13-29-22(14)28-21(16-7-3-10-19-20(16)26-12-11-25-19)23(29)27-18-9-4-8-17(24)15(18)2/h3-13,25-27H,1-2H3. The zero-order valence-electron chi connectivity index (χ0n) is 16.1. The largest absolute Gasteiger partial charge is 0.359 e. The second kappa shape index (κ2) is 6.87. The van der Waals surface area contributed by atoms with Crippen LogP contribution in [0.4, 0.5) is 22.9 Å². The molecule has 0 amide bonds. The maximum absolute atomic E-state index is 6.36. The summed E-state index contributed by atoms with van der Waals surface area (Å²) in [6.07, 6.45) is 5.80. The Morgan fingerprint density at radius 2 is 1.79 bits per heavy atom. The van der Waals surface area contributed by atoms with Crippen LogP contribution in [0, 0.1) is 13.8 Å². The number of pyridine rings is 1. The van der Waals surface area contributed by atoms with Gasteiger partial charge in [0.05, 0.1) is 11.4 Å². The van der Waals surface area contributed by atoms with Crippen LogP contribution in [0.5, 0.6) is 0 Å². The van der Waals surface area contributed by atoms with E-state index in [0.717, 1.165) is 55.9 Å². The van der Waals surface area contributed by atoms with Crippen LogP contribution in [-0.4, -0.2) is 9.38 Å². The van der Waals surface area contributed by atoms with E-state index in [2.05, 4.69) is 39.4 Å². The summed E-state index contributed by atoms with van der Waals surface area (Å²) in [4.78, 5) is 5.01. The highest BCUT2D eigenvalue weighted by atomic mass is 35.5. The van der Waals surface area contributed by atoms with Gasteiger partial charge in [0.25, 0.3) is 0 Å². The lowest BCUT2D eigenvalue weighted by molar-refractivity contribution is 1.16. The molecule has 0 atom stereocenters. The van der Waals surface area contributed by atoms with Gasteiger partial charge < -0.3 is 16.0 Å². The van der Waals surface area contributed by atoms with Crippen molar-refractivity contribution >= 4 is 40.1 Å². The molecular weight excluding hydrogens is 382 g/mol. The number of aryl methyl sites for hydroxylation is 1. The fraction of sp³-hybridized carbons (Fsp3) is 0.0870. The Hall–Kier alpha value is -3.44. The zero-order valence-corrected chi connectivity index (χ0v) is 16.9. The van der Waals surface area contributed by atoms with Crippen molar-refractivity contribution in [3.05, 3.63) is 83.3 Å². The summed E-state index contributed by atoms with van der Waals surface area (Å²) in [5.41, 5.74) is 7.90. The van der Waals surface area contributed by atoms with Gasteiger partial charge in [-0.1, -0.05) is 35.9 Å². The summed E-state index contributed by atoms with van der Waals surface area (Å²) in [6, 6.07) is 16.2. The van der Waals surface area contributed by atoms with Gasteiger partial charge in [-0.25, -0.2) is 4.98 Å². The second-order valence-electron chi connectivity index (χ2n) is 7.08. The van der Waals surface area contributed by atoms with Crippen LogP contribution in [0.2, 0.25) is 5.02 Å². The van der Waals surface area contributed by atoms with Crippen molar-refractivity contribution in [2.45, 2.75) is 13.8 Å². The van der Waals surface area contributed by atoms with Crippen molar-refractivity contribution in [2.75, 3.05) is 16.0 Å². The molecule has 1 aliphatic heterocycles. The van der Waals surface area contributed by atoms with Gasteiger partial charge in [-0.2, -0.15) is 0 Å². The topological polar surface area (TPSA) is 53.4 Å². The van der Waals surface area contributed by atoms with E-state index < -0.39 is 0 Å². The van der Waals surface area contributed by atoms with Crippen molar-refractivity contribution in [1.82, 2.24) is 9.38 Å². The molecule has 3 N–H and O–H groups in total. The summed E-state index contributed by atoms with van der Waals surface area (Å²) in [6.45, 7) is 4.09. The van der Waals surface area contributed by atoms with Crippen molar-refractivity contribution in [2.24, 2.45) is 0 Å². The third-order valence-electron chi connectivity index (χ3n) is 5.24. The Balaban J connectivity index is 1.76. The van der Waals surface area contributed by atoms with E-state index in [1.165, 1.54) is 0 Å². The van der Waals surface area contributed by atoms with Crippen LogP contribution in [-0.2, 0) is 0 Å². The lowest BCUT2D eigenvalue weighted by Crippen LogP contribution is -2.05. The van der Waals surface area contributed by atoms with Gasteiger partial charge in [0.15, 0.2) is 0 Å². The Morgan fingerprint density at radius 3 is 2.69 bits per heavy atom.